The summed E-state index contributed by atoms with van der Waals surface area (Å²) in [6.45, 7) is 3.69. The molecule has 1 aliphatic rings. The van der Waals surface area contributed by atoms with Gasteiger partial charge in [0.25, 0.3) is 0 Å². The minimum absolute atomic E-state index is 0.138. The molecule has 1 aromatic carbocycles. The van der Waals surface area contributed by atoms with Crippen LogP contribution in [0.4, 0.5) is 14.5 Å². The topological polar surface area (TPSA) is 57.6 Å². The Morgan fingerprint density at radius 2 is 2.16 bits per heavy atom. The molecular formula is C13H11F2NO3. The molecule has 100 valence electrons. The molecule has 6 heteroatoms. The first-order chi connectivity index (χ1) is 8.93. The first-order valence-corrected chi connectivity index (χ1v) is 5.59. The van der Waals surface area contributed by atoms with Crippen LogP contribution in [0.2, 0.25) is 0 Å². The lowest BCUT2D eigenvalue weighted by atomic mass is 10.1. The van der Waals surface area contributed by atoms with Crippen molar-refractivity contribution in [3.8, 4) is 0 Å². The van der Waals surface area contributed by atoms with E-state index in [0.717, 1.165) is 4.90 Å². The average molecular weight is 267 g/mol. The van der Waals surface area contributed by atoms with Crippen molar-refractivity contribution in [3.63, 3.8) is 0 Å². The fourth-order valence-electron chi connectivity index (χ4n) is 2.11. The molecule has 0 bridgehead atoms. The molecule has 1 unspecified atom stereocenters. The standard InChI is InChI=1S/C13H11F2NO3/c1-2-7-3-11(17)16(6-7)12-9(13(18)19)4-8(14)5-10(12)15/h2,4-5,7H,1,3,6H2,(H,18,19). The molecule has 0 aliphatic carbocycles. The number of nitrogens with zero attached hydrogens (tertiary/aromatic N) is 1. The van der Waals surface area contributed by atoms with Gasteiger partial charge in [0.2, 0.25) is 5.91 Å². The number of benzene rings is 1. The van der Waals surface area contributed by atoms with Crippen LogP contribution in [0.3, 0.4) is 0 Å². The van der Waals surface area contributed by atoms with Crippen LogP contribution in [-0.4, -0.2) is 23.5 Å². The van der Waals surface area contributed by atoms with Crippen LogP contribution in [0.15, 0.2) is 24.8 Å². The number of carbonyl (C=O) groups excluding carboxylic acids is 1. The molecule has 1 amide bonds. The van der Waals surface area contributed by atoms with E-state index < -0.39 is 29.1 Å². The summed E-state index contributed by atoms with van der Waals surface area (Å²) in [5.74, 6) is -4.11. The third kappa shape index (κ3) is 2.33. The second-order valence-corrected chi connectivity index (χ2v) is 4.29. The number of halogens is 2. The van der Waals surface area contributed by atoms with Crippen molar-refractivity contribution < 1.29 is 23.5 Å². The molecule has 1 aliphatic heterocycles. The van der Waals surface area contributed by atoms with Crippen LogP contribution >= 0.6 is 0 Å². The SMILES string of the molecule is C=CC1CC(=O)N(c2c(F)cc(F)cc2C(=O)O)C1. The molecule has 1 heterocycles. The van der Waals surface area contributed by atoms with Crippen LogP contribution in [0, 0.1) is 17.6 Å². The van der Waals surface area contributed by atoms with E-state index in [1.165, 1.54) is 0 Å². The highest BCUT2D eigenvalue weighted by Crippen LogP contribution is 2.31. The molecule has 19 heavy (non-hydrogen) atoms. The molecule has 0 aromatic heterocycles. The monoisotopic (exact) mass is 267 g/mol. The smallest absolute Gasteiger partial charge is 0.338 e. The molecule has 0 radical (unpaired) electrons. The number of anilines is 1. The minimum atomic E-state index is -1.48. The quantitative estimate of drug-likeness (QED) is 0.854. The van der Waals surface area contributed by atoms with Crippen LogP contribution in [-0.2, 0) is 4.79 Å². The van der Waals surface area contributed by atoms with Gasteiger partial charge in [0, 0.05) is 24.9 Å². The summed E-state index contributed by atoms with van der Waals surface area (Å²) < 4.78 is 26.9. The summed E-state index contributed by atoms with van der Waals surface area (Å²) in [7, 11) is 0. The van der Waals surface area contributed by atoms with Gasteiger partial charge >= 0.3 is 5.97 Å². The molecule has 4 nitrogen and oxygen atoms in total. The summed E-state index contributed by atoms with van der Waals surface area (Å²) in [6.07, 6.45) is 1.69. The number of hydrogen-bond donors (Lipinski definition) is 1. The molecule has 2 rings (SSSR count). The first kappa shape index (κ1) is 13.2. The van der Waals surface area contributed by atoms with Gasteiger partial charge in [0.1, 0.15) is 5.82 Å². The maximum atomic E-state index is 13.8. The van der Waals surface area contributed by atoms with Gasteiger partial charge in [-0.3, -0.25) is 4.79 Å². The van der Waals surface area contributed by atoms with Gasteiger partial charge in [-0.2, -0.15) is 0 Å². The number of aromatic carboxylic acids is 1. The maximum absolute atomic E-state index is 13.8. The number of amides is 1. The molecule has 1 fully saturated rings. The lowest BCUT2D eigenvalue weighted by molar-refractivity contribution is -0.117. The second kappa shape index (κ2) is 4.79. The van der Waals surface area contributed by atoms with Crippen molar-refractivity contribution in [2.45, 2.75) is 6.42 Å². The number of carbonyl (C=O) groups is 2. The van der Waals surface area contributed by atoms with E-state index in [9.17, 15) is 18.4 Å². The molecule has 1 saturated heterocycles. The summed E-state index contributed by atoms with van der Waals surface area (Å²) in [4.78, 5) is 23.9. The zero-order valence-corrected chi connectivity index (χ0v) is 9.90. The lowest BCUT2D eigenvalue weighted by Gasteiger charge is -2.19. The molecule has 0 spiro atoms. The van der Waals surface area contributed by atoms with Gasteiger partial charge in [-0.25, -0.2) is 13.6 Å². The summed E-state index contributed by atoms with van der Waals surface area (Å²) in [6, 6.07) is 1.27. The van der Waals surface area contributed by atoms with Crippen molar-refractivity contribution in [1.82, 2.24) is 0 Å². The molecule has 1 atom stereocenters. The van der Waals surface area contributed by atoms with Gasteiger partial charge in [-0.1, -0.05) is 6.08 Å². The van der Waals surface area contributed by atoms with E-state index >= 15 is 0 Å². The third-order valence-electron chi connectivity index (χ3n) is 3.02. The van der Waals surface area contributed by atoms with Crippen molar-refractivity contribution in [2.75, 3.05) is 11.4 Å². The zero-order valence-electron chi connectivity index (χ0n) is 9.90. The van der Waals surface area contributed by atoms with Crippen molar-refractivity contribution in [3.05, 3.63) is 42.0 Å². The second-order valence-electron chi connectivity index (χ2n) is 4.29. The Kier molecular flexibility index (Phi) is 3.33. The van der Waals surface area contributed by atoms with Gasteiger partial charge in [-0.15, -0.1) is 6.58 Å². The van der Waals surface area contributed by atoms with Gasteiger partial charge < -0.3 is 10.0 Å². The molecule has 0 saturated carbocycles. The number of rotatable bonds is 3. The van der Waals surface area contributed by atoms with Crippen molar-refractivity contribution in [1.29, 1.82) is 0 Å². The van der Waals surface area contributed by atoms with Gasteiger partial charge in [0.15, 0.2) is 5.82 Å². The van der Waals surface area contributed by atoms with Crippen molar-refractivity contribution >= 4 is 17.6 Å². The Balaban J connectivity index is 2.53. The van der Waals surface area contributed by atoms with E-state index in [1.54, 1.807) is 6.08 Å². The summed E-state index contributed by atoms with van der Waals surface area (Å²) in [5.41, 5.74) is -0.946. The highest BCUT2D eigenvalue weighted by molar-refractivity contribution is 6.03. The van der Waals surface area contributed by atoms with E-state index in [1.807, 2.05) is 0 Å². The normalized spacial score (nSPS) is 18.7. The van der Waals surface area contributed by atoms with E-state index in [0.29, 0.717) is 12.1 Å². The third-order valence-corrected chi connectivity index (χ3v) is 3.02. The lowest BCUT2D eigenvalue weighted by Crippen LogP contribution is -2.27. The predicted molar refractivity (Wildman–Crippen MR) is 64.0 cm³/mol. The van der Waals surface area contributed by atoms with E-state index in [4.69, 9.17) is 5.11 Å². The predicted octanol–water partition coefficient (Wildman–Crippen LogP) is 2.20. The van der Waals surface area contributed by atoms with Crippen LogP contribution in [0.5, 0.6) is 0 Å². The van der Waals surface area contributed by atoms with E-state index in [2.05, 4.69) is 6.58 Å². The zero-order chi connectivity index (χ0) is 14.2. The fourth-order valence-corrected chi connectivity index (χ4v) is 2.11. The number of carboxylic acid groups (broad SMARTS) is 1. The van der Waals surface area contributed by atoms with Crippen LogP contribution in [0.1, 0.15) is 16.8 Å². The largest absolute Gasteiger partial charge is 0.478 e. The first-order valence-electron chi connectivity index (χ1n) is 5.59. The molecular weight excluding hydrogens is 256 g/mol. The molecule has 1 N–H and O–H groups in total. The Labute approximate surface area is 107 Å². The fraction of sp³-hybridized carbons (Fsp3) is 0.231. The highest BCUT2D eigenvalue weighted by Gasteiger charge is 2.33. The molecule has 1 aromatic rings. The summed E-state index contributed by atoms with van der Waals surface area (Å²) in [5, 5.41) is 8.99. The van der Waals surface area contributed by atoms with Gasteiger partial charge in [-0.05, 0) is 6.07 Å². The number of carboxylic acids is 1. The van der Waals surface area contributed by atoms with E-state index in [-0.39, 0.29) is 24.6 Å². The maximum Gasteiger partial charge on any atom is 0.338 e. The van der Waals surface area contributed by atoms with Crippen LogP contribution in [0.25, 0.3) is 0 Å². The Morgan fingerprint density at radius 1 is 1.47 bits per heavy atom. The highest BCUT2D eigenvalue weighted by atomic mass is 19.1. The Hall–Kier alpha value is -2.24. The number of hydrogen-bond acceptors (Lipinski definition) is 2. The minimum Gasteiger partial charge on any atom is -0.478 e. The van der Waals surface area contributed by atoms with Crippen LogP contribution < -0.4 is 4.90 Å². The summed E-state index contributed by atoms with van der Waals surface area (Å²) >= 11 is 0. The Morgan fingerprint density at radius 3 is 2.68 bits per heavy atom. The Bertz CT molecular complexity index is 571. The average Bonchev–Trinajstić information content (AvgIpc) is 2.69. The van der Waals surface area contributed by atoms with Crippen molar-refractivity contribution in [2.24, 2.45) is 5.92 Å². The van der Waals surface area contributed by atoms with Gasteiger partial charge in [0.05, 0.1) is 11.3 Å².